The minimum absolute atomic E-state index is 1.06. The zero-order chi connectivity index (χ0) is 11.7. The van der Waals surface area contributed by atoms with Crippen LogP contribution in [0.4, 0.5) is 0 Å². The van der Waals surface area contributed by atoms with E-state index in [0.29, 0.717) is 0 Å². The molecule has 0 aliphatic rings. The second kappa shape index (κ2) is 3.97. The summed E-state index contributed by atoms with van der Waals surface area (Å²) in [6.07, 6.45) is 3.94. The first-order valence-electron chi connectivity index (χ1n) is 5.35. The molecule has 0 aliphatic carbocycles. The highest BCUT2D eigenvalue weighted by molar-refractivity contribution is 5.68. The molecule has 0 saturated carbocycles. The minimum Gasteiger partial charge on any atom is -0.275 e. The van der Waals surface area contributed by atoms with E-state index < -0.39 is 0 Å². The van der Waals surface area contributed by atoms with Gasteiger partial charge in [-0.3, -0.25) is 4.68 Å². The molecule has 16 heavy (non-hydrogen) atoms. The Kier molecular flexibility index (Phi) is 2.65. The molecular formula is C14H16N2. The highest BCUT2D eigenvalue weighted by Crippen LogP contribution is 2.24. The van der Waals surface area contributed by atoms with Crippen molar-refractivity contribution in [1.82, 2.24) is 9.78 Å². The third-order valence-corrected chi connectivity index (χ3v) is 2.81. The maximum absolute atomic E-state index is 4.36. The third-order valence-electron chi connectivity index (χ3n) is 2.81. The molecule has 2 heteroatoms. The molecule has 0 unspecified atom stereocenters. The van der Waals surface area contributed by atoms with Crippen molar-refractivity contribution in [2.75, 3.05) is 0 Å². The van der Waals surface area contributed by atoms with Crippen LogP contribution in [0.25, 0.3) is 17.2 Å². The van der Waals surface area contributed by atoms with E-state index in [-0.39, 0.29) is 0 Å². The van der Waals surface area contributed by atoms with Crippen molar-refractivity contribution in [1.29, 1.82) is 0 Å². The second-order valence-corrected chi connectivity index (χ2v) is 4.08. The van der Waals surface area contributed by atoms with E-state index in [0.717, 1.165) is 5.69 Å². The zero-order valence-corrected chi connectivity index (χ0v) is 9.99. The van der Waals surface area contributed by atoms with E-state index in [4.69, 9.17) is 0 Å². The molecule has 2 aromatic rings. The van der Waals surface area contributed by atoms with E-state index in [2.05, 4.69) is 43.0 Å². The summed E-state index contributed by atoms with van der Waals surface area (Å²) >= 11 is 0. The predicted molar refractivity (Wildman–Crippen MR) is 68.2 cm³/mol. The smallest absolute Gasteiger partial charge is 0.0671 e. The van der Waals surface area contributed by atoms with Crippen LogP contribution in [-0.2, 0) is 7.05 Å². The van der Waals surface area contributed by atoms with Crippen LogP contribution in [0.1, 0.15) is 16.8 Å². The van der Waals surface area contributed by atoms with Crippen LogP contribution in [-0.4, -0.2) is 9.78 Å². The summed E-state index contributed by atoms with van der Waals surface area (Å²) in [7, 11) is 1.95. The quantitative estimate of drug-likeness (QED) is 0.746. The fourth-order valence-corrected chi connectivity index (χ4v) is 1.96. The Balaban J connectivity index is 2.53. The summed E-state index contributed by atoms with van der Waals surface area (Å²) in [4.78, 5) is 0. The molecule has 0 radical (unpaired) electrons. The minimum atomic E-state index is 1.06. The van der Waals surface area contributed by atoms with Crippen LogP contribution in [0.15, 0.2) is 31.0 Å². The van der Waals surface area contributed by atoms with E-state index >= 15 is 0 Å². The molecule has 1 aromatic carbocycles. The van der Waals surface area contributed by atoms with Gasteiger partial charge in [-0.1, -0.05) is 30.9 Å². The summed E-state index contributed by atoms with van der Waals surface area (Å²) in [6, 6.07) is 6.40. The fourth-order valence-electron chi connectivity index (χ4n) is 1.96. The Morgan fingerprint density at radius 3 is 2.56 bits per heavy atom. The molecule has 2 nitrogen and oxygen atoms in total. The molecule has 0 atom stereocenters. The van der Waals surface area contributed by atoms with Gasteiger partial charge >= 0.3 is 0 Å². The standard InChI is InChI=1S/C14H16N2/c1-5-12-6-7-13(8-10(12)2)14-9-16(4)15-11(14)3/h5-9H,1H2,2-4H3. The van der Waals surface area contributed by atoms with Gasteiger partial charge in [-0.15, -0.1) is 0 Å². The molecule has 1 aromatic heterocycles. The molecule has 0 amide bonds. The van der Waals surface area contributed by atoms with Gasteiger partial charge in [0.2, 0.25) is 0 Å². The lowest BCUT2D eigenvalue weighted by Crippen LogP contribution is -1.86. The van der Waals surface area contributed by atoms with Gasteiger partial charge in [0.25, 0.3) is 0 Å². The first kappa shape index (κ1) is 10.7. The first-order valence-corrected chi connectivity index (χ1v) is 5.35. The largest absolute Gasteiger partial charge is 0.275 e. The summed E-state index contributed by atoms with van der Waals surface area (Å²) in [5, 5.41) is 4.36. The zero-order valence-electron chi connectivity index (χ0n) is 9.99. The molecule has 0 bridgehead atoms. The number of rotatable bonds is 2. The van der Waals surface area contributed by atoms with Crippen LogP contribution >= 0.6 is 0 Å². The van der Waals surface area contributed by atoms with Gasteiger partial charge in [-0.2, -0.15) is 5.10 Å². The van der Waals surface area contributed by atoms with Gasteiger partial charge in [0.1, 0.15) is 0 Å². The Bertz CT molecular complexity index is 536. The fraction of sp³-hybridized carbons (Fsp3) is 0.214. The molecule has 2 rings (SSSR count). The molecule has 0 aliphatic heterocycles. The highest BCUT2D eigenvalue weighted by Gasteiger charge is 2.06. The number of aryl methyl sites for hydroxylation is 3. The van der Waals surface area contributed by atoms with Crippen LogP contribution in [0.3, 0.4) is 0 Å². The lowest BCUT2D eigenvalue weighted by atomic mass is 10.0. The number of benzene rings is 1. The SMILES string of the molecule is C=Cc1ccc(-c2cn(C)nc2C)cc1C. The number of nitrogens with zero attached hydrogens (tertiary/aromatic N) is 2. The second-order valence-electron chi connectivity index (χ2n) is 4.08. The van der Waals surface area contributed by atoms with Gasteiger partial charge in [-0.05, 0) is 30.5 Å². The van der Waals surface area contributed by atoms with Crippen molar-refractivity contribution in [2.45, 2.75) is 13.8 Å². The summed E-state index contributed by atoms with van der Waals surface area (Å²) < 4.78 is 1.85. The number of aromatic nitrogens is 2. The summed E-state index contributed by atoms with van der Waals surface area (Å²) in [6.45, 7) is 7.94. The van der Waals surface area contributed by atoms with Crippen molar-refractivity contribution in [2.24, 2.45) is 7.05 Å². The van der Waals surface area contributed by atoms with Gasteiger partial charge in [0.15, 0.2) is 0 Å². The maximum atomic E-state index is 4.36. The van der Waals surface area contributed by atoms with E-state index in [1.165, 1.54) is 22.3 Å². The summed E-state index contributed by atoms with van der Waals surface area (Å²) in [5.41, 5.74) is 5.91. The lowest BCUT2D eigenvalue weighted by molar-refractivity contribution is 0.756. The van der Waals surface area contributed by atoms with Crippen LogP contribution in [0.2, 0.25) is 0 Å². The van der Waals surface area contributed by atoms with Crippen molar-refractivity contribution >= 4 is 6.08 Å². The topological polar surface area (TPSA) is 17.8 Å². The predicted octanol–water partition coefficient (Wildman–Crippen LogP) is 3.35. The molecule has 82 valence electrons. The van der Waals surface area contributed by atoms with Gasteiger partial charge in [0, 0.05) is 18.8 Å². The highest BCUT2D eigenvalue weighted by atomic mass is 15.2. The van der Waals surface area contributed by atoms with E-state index in [1.54, 1.807) is 0 Å². The molecule has 0 fully saturated rings. The van der Waals surface area contributed by atoms with Crippen LogP contribution in [0.5, 0.6) is 0 Å². The van der Waals surface area contributed by atoms with E-state index in [1.807, 2.05) is 24.7 Å². The normalized spacial score (nSPS) is 10.4. The number of hydrogen-bond donors (Lipinski definition) is 0. The summed E-state index contributed by atoms with van der Waals surface area (Å²) in [5.74, 6) is 0. The van der Waals surface area contributed by atoms with Gasteiger partial charge < -0.3 is 0 Å². The first-order chi connectivity index (χ1) is 7.61. The van der Waals surface area contributed by atoms with Gasteiger partial charge in [-0.25, -0.2) is 0 Å². The van der Waals surface area contributed by atoms with Crippen molar-refractivity contribution in [3.05, 3.63) is 47.8 Å². The Hall–Kier alpha value is -1.83. The van der Waals surface area contributed by atoms with Crippen LogP contribution < -0.4 is 0 Å². The van der Waals surface area contributed by atoms with Crippen molar-refractivity contribution in [3.63, 3.8) is 0 Å². The molecule has 0 spiro atoms. The van der Waals surface area contributed by atoms with Crippen molar-refractivity contribution < 1.29 is 0 Å². The average molecular weight is 212 g/mol. The Labute approximate surface area is 96.2 Å². The van der Waals surface area contributed by atoms with Gasteiger partial charge in [0.05, 0.1) is 5.69 Å². The average Bonchev–Trinajstić information content (AvgIpc) is 2.58. The number of hydrogen-bond acceptors (Lipinski definition) is 1. The molecular weight excluding hydrogens is 196 g/mol. The molecule has 0 saturated heterocycles. The molecule has 1 heterocycles. The Morgan fingerprint density at radius 1 is 1.31 bits per heavy atom. The van der Waals surface area contributed by atoms with Crippen LogP contribution in [0, 0.1) is 13.8 Å². The maximum Gasteiger partial charge on any atom is 0.0671 e. The molecule has 0 N–H and O–H groups in total. The van der Waals surface area contributed by atoms with Crippen molar-refractivity contribution in [3.8, 4) is 11.1 Å². The lowest BCUT2D eigenvalue weighted by Gasteiger charge is -2.04. The van der Waals surface area contributed by atoms with E-state index in [9.17, 15) is 0 Å². The monoisotopic (exact) mass is 212 g/mol. The third kappa shape index (κ3) is 1.78. The Morgan fingerprint density at radius 2 is 2.06 bits per heavy atom.